The molecular formula is C30H41N7O2Si. The van der Waals surface area contributed by atoms with Crippen molar-refractivity contribution in [2.24, 2.45) is 0 Å². The summed E-state index contributed by atoms with van der Waals surface area (Å²) in [7, 11) is -0.355. The van der Waals surface area contributed by atoms with Crippen LogP contribution in [-0.4, -0.2) is 47.6 Å². The van der Waals surface area contributed by atoms with Gasteiger partial charge in [0.25, 0.3) is 5.91 Å². The molecule has 0 saturated heterocycles. The Morgan fingerprint density at radius 3 is 2.62 bits per heavy atom. The van der Waals surface area contributed by atoms with E-state index in [0.717, 1.165) is 24.0 Å². The molecule has 212 valence electrons. The lowest BCUT2D eigenvalue weighted by Gasteiger charge is -2.39. The number of anilines is 2. The van der Waals surface area contributed by atoms with Crippen molar-refractivity contribution in [3.05, 3.63) is 52.8 Å². The number of benzene rings is 1. The van der Waals surface area contributed by atoms with Crippen LogP contribution in [-0.2, 0) is 16.3 Å². The molecule has 4 rings (SSSR count). The van der Waals surface area contributed by atoms with Crippen molar-refractivity contribution in [3.8, 4) is 17.3 Å². The Labute approximate surface area is 238 Å². The van der Waals surface area contributed by atoms with Gasteiger partial charge in [-0.3, -0.25) is 4.79 Å². The van der Waals surface area contributed by atoms with Crippen LogP contribution >= 0.6 is 0 Å². The summed E-state index contributed by atoms with van der Waals surface area (Å²) in [6.45, 7) is 18.2. The van der Waals surface area contributed by atoms with Crippen LogP contribution in [0.2, 0.25) is 18.1 Å². The third-order valence-corrected chi connectivity index (χ3v) is 12.9. The van der Waals surface area contributed by atoms with E-state index < -0.39 is 8.32 Å². The van der Waals surface area contributed by atoms with E-state index in [9.17, 15) is 10.1 Å². The van der Waals surface area contributed by atoms with Crippen LogP contribution in [0.25, 0.3) is 11.3 Å². The topological polar surface area (TPSA) is 118 Å². The zero-order chi connectivity index (χ0) is 29.5. The molecule has 0 spiro atoms. The quantitative estimate of drug-likeness (QED) is 0.319. The predicted molar refractivity (Wildman–Crippen MR) is 160 cm³/mol. The second-order valence-corrected chi connectivity index (χ2v) is 17.5. The standard InChI is InChI=1S/C30H41N7O2Si/c1-19(2)37-26(16-25(36-37)27(38)32-7)35-28-33-13-11-24(34-28)20-14-21(17-31)22-10-12-30(6,23(22)15-20)18-39-40(8,9)29(3,4)5/h11,13-16,19H,10,12,18H2,1-9H3,(H,32,38)(H,33,34,35)/t30-/m1/s1. The lowest BCUT2D eigenvalue weighted by Crippen LogP contribution is -2.44. The molecule has 0 radical (unpaired) electrons. The maximum Gasteiger partial charge on any atom is 0.271 e. The van der Waals surface area contributed by atoms with Gasteiger partial charge in [0.1, 0.15) is 5.82 Å². The smallest absolute Gasteiger partial charge is 0.271 e. The van der Waals surface area contributed by atoms with Crippen LogP contribution in [0.4, 0.5) is 11.8 Å². The van der Waals surface area contributed by atoms with Gasteiger partial charge in [-0.05, 0) is 74.1 Å². The molecular weight excluding hydrogens is 518 g/mol. The van der Waals surface area contributed by atoms with Gasteiger partial charge < -0.3 is 15.1 Å². The Hall–Kier alpha value is -3.55. The number of nitriles is 1. The van der Waals surface area contributed by atoms with Gasteiger partial charge in [0, 0.05) is 42.9 Å². The van der Waals surface area contributed by atoms with Crippen LogP contribution in [0.5, 0.6) is 0 Å². The summed E-state index contributed by atoms with van der Waals surface area (Å²) >= 11 is 0. The molecule has 0 aliphatic heterocycles. The minimum absolute atomic E-state index is 0.0187. The average molecular weight is 560 g/mol. The minimum Gasteiger partial charge on any atom is -0.416 e. The normalized spacial score (nSPS) is 17.0. The summed E-state index contributed by atoms with van der Waals surface area (Å²) < 4.78 is 8.42. The number of rotatable bonds is 8. The van der Waals surface area contributed by atoms with Crippen molar-refractivity contribution in [3.63, 3.8) is 0 Å². The third-order valence-electron chi connectivity index (χ3n) is 8.38. The first-order valence-corrected chi connectivity index (χ1v) is 16.7. The molecule has 0 unspecified atom stereocenters. The zero-order valence-corrected chi connectivity index (χ0v) is 26.1. The molecule has 2 aromatic heterocycles. The number of hydrogen-bond donors (Lipinski definition) is 2. The molecule has 1 aliphatic carbocycles. The molecule has 0 bridgehead atoms. The van der Waals surface area contributed by atoms with Crippen molar-refractivity contribution in [2.75, 3.05) is 19.0 Å². The highest BCUT2D eigenvalue weighted by atomic mass is 28.4. The van der Waals surface area contributed by atoms with Gasteiger partial charge >= 0.3 is 0 Å². The number of nitrogens with zero attached hydrogens (tertiary/aromatic N) is 5. The highest BCUT2D eigenvalue weighted by Crippen LogP contribution is 2.45. The third kappa shape index (κ3) is 5.67. The second kappa shape index (κ2) is 10.8. The maximum atomic E-state index is 12.2. The molecule has 2 N–H and O–H groups in total. The Bertz CT molecular complexity index is 1470. The summed E-state index contributed by atoms with van der Waals surface area (Å²) in [4.78, 5) is 21.4. The van der Waals surface area contributed by atoms with Crippen LogP contribution in [0.3, 0.4) is 0 Å². The molecule has 1 atom stereocenters. The lowest BCUT2D eigenvalue weighted by atomic mass is 9.83. The van der Waals surface area contributed by atoms with Gasteiger partial charge in [0.2, 0.25) is 5.95 Å². The summed E-state index contributed by atoms with van der Waals surface area (Å²) in [5, 5.41) is 20.4. The number of amides is 1. The van der Waals surface area contributed by atoms with Gasteiger partial charge in [-0.25, -0.2) is 14.6 Å². The molecule has 9 nitrogen and oxygen atoms in total. The van der Waals surface area contributed by atoms with Crippen LogP contribution < -0.4 is 10.6 Å². The van der Waals surface area contributed by atoms with Gasteiger partial charge in [0.15, 0.2) is 14.0 Å². The second-order valence-electron chi connectivity index (χ2n) is 12.7. The molecule has 3 aromatic rings. The van der Waals surface area contributed by atoms with Crippen molar-refractivity contribution >= 4 is 26.0 Å². The van der Waals surface area contributed by atoms with Crippen molar-refractivity contribution in [1.82, 2.24) is 25.1 Å². The minimum atomic E-state index is -1.93. The fourth-order valence-electron chi connectivity index (χ4n) is 4.78. The van der Waals surface area contributed by atoms with Gasteiger partial charge in [-0.2, -0.15) is 10.4 Å². The molecule has 1 aliphatic rings. The number of nitrogens with one attached hydrogen (secondary N) is 2. The number of hydrogen-bond acceptors (Lipinski definition) is 7. The summed E-state index contributed by atoms with van der Waals surface area (Å²) in [5.41, 5.74) is 4.67. The maximum absolute atomic E-state index is 12.2. The fourth-order valence-corrected chi connectivity index (χ4v) is 5.90. The molecule has 1 aromatic carbocycles. The molecule has 0 fully saturated rings. The SMILES string of the molecule is CNC(=O)c1cc(Nc2nccc(-c3cc(C#N)c4c(c3)[C@@](C)(CO[Si](C)(C)C(C)(C)C)CC4)n2)n(C(C)C)n1. The van der Waals surface area contributed by atoms with E-state index in [4.69, 9.17) is 9.41 Å². The first-order chi connectivity index (χ1) is 18.7. The zero-order valence-electron chi connectivity index (χ0n) is 25.1. The van der Waals surface area contributed by atoms with Gasteiger partial charge in [-0.15, -0.1) is 0 Å². The highest BCUT2D eigenvalue weighted by Gasteiger charge is 2.42. The van der Waals surface area contributed by atoms with Crippen LogP contribution in [0.1, 0.15) is 81.2 Å². The summed E-state index contributed by atoms with van der Waals surface area (Å²) in [6, 6.07) is 10.1. The van der Waals surface area contributed by atoms with Crippen LogP contribution in [0.15, 0.2) is 30.5 Å². The van der Waals surface area contributed by atoms with E-state index in [-0.39, 0.29) is 22.4 Å². The first-order valence-electron chi connectivity index (χ1n) is 13.8. The van der Waals surface area contributed by atoms with E-state index in [1.54, 1.807) is 24.0 Å². The Morgan fingerprint density at radius 1 is 1.27 bits per heavy atom. The fraction of sp³-hybridized carbons (Fsp3) is 0.500. The largest absolute Gasteiger partial charge is 0.416 e. The van der Waals surface area contributed by atoms with Gasteiger partial charge in [-0.1, -0.05) is 27.7 Å². The van der Waals surface area contributed by atoms with Crippen molar-refractivity contribution in [2.45, 2.75) is 84.0 Å². The molecule has 0 saturated carbocycles. The number of fused-ring (bicyclic) bond motifs is 1. The van der Waals surface area contributed by atoms with Crippen molar-refractivity contribution in [1.29, 1.82) is 5.26 Å². The Morgan fingerprint density at radius 2 is 2.00 bits per heavy atom. The number of carbonyl (C=O) groups is 1. The molecule has 10 heteroatoms. The van der Waals surface area contributed by atoms with Gasteiger partial charge in [0.05, 0.1) is 17.3 Å². The predicted octanol–water partition coefficient (Wildman–Crippen LogP) is 6.12. The lowest BCUT2D eigenvalue weighted by molar-refractivity contribution is 0.0957. The number of aromatic nitrogens is 4. The Balaban J connectivity index is 1.68. The van der Waals surface area contributed by atoms with E-state index in [2.05, 4.69) is 73.6 Å². The Kier molecular flexibility index (Phi) is 7.94. The molecule has 40 heavy (non-hydrogen) atoms. The molecule has 2 heterocycles. The first kappa shape index (κ1) is 29.4. The average Bonchev–Trinajstić information content (AvgIpc) is 3.48. The summed E-state index contributed by atoms with van der Waals surface area (Å²) in [6.07, 6.45) is 3.50. The van der Waals surface area contributed by atoms with E-state index in [0.29, 0.717) is 35.3 Å². The number of carbonyl (C=O) groups excluding carboxylic acids is 1. The van der Waals surface area contributed by atoms with Crippen molar-refractivity contribution < 1.29 is 9.22 Å². The van der Waals surface area contributed by atoms with E-state index in [1.165, 1.54) is 5.56 Å². The van der Waals surface area contributed by atoms with E-state index in [1.807, 2.05) is 26.0 Å². The van der Waals surface area contributed by atoms with E-state index >= 15 is 0 Å². The van der Waals surface area contributed by atoms with Crippen LogP contribution in [0, 0.1) is 11.3 Å². The monoisotopic (exact) mass is 559 g/mol. The highest BCUT2D eigenvalue weighted by molar-refractivity contribution is 6.74. The molecule has 1 amide bonds. The summed E-state index contributed by atoms with van der Waals surface area (Å²) in [5.74, 6) is 0.735.